The van der Waals surface area contributed by atoms with Gasteiger partial charge in [0.05, 0.1) is 12.2 Å². The number of amides is 4. The lowest BCUT2D eigenvalue weighted by molar-refractivity contribution is -0.137. The fourth-order valence-electron chi connectivity index (χ4n) is 4.51. The van der Waals surface area contributed by atoms with Crippen molar-refractivity contribution in [1.82, 2.24) is 15.5 Å². The molecule has 2 aromatic rings. The summed E-state index contributed by atoms with van der Waals surface area (Å²) >= 11 is 0. The number of hydrogen-bond donors (Lipinski definition) is 4. The third kappa shape index (κ3) is 5.39. The van der Waals surface area contributed by atoms with Crippen LogP contribution in [0.5, 0.6) is 5.75 Å². The van der Waals surface area contributed by atoms with E-state index in [9.17, 15) is 39.0 Å². The summed E-state index contributed by atoms with van der Waals surface area (Å²) in [5.74, 6) is -3.40. The van der Waals surface area contributed by atoms with Gasteiger partial charge < -0.3 is 25.3 Å². The van der Waals surface area contributed by atoms with Crippen LogP contribution in [0.4, 0.5) is 0 Å². The Labute approximate surface area is 230 Å². The lowest BCUT2D eigenvalue weighted by atomic mass is 9.90. The third-order valence-electron chi connectivity index (χ3n) is 6.46. The van der Waals surface area contributed by atoms with Gasteiger partial charge in [0.25, 0.3) is 17.7 Å². The first kappa shape index (κ1) is 26.8. The van der Waals surface area contributed by atoms with E-state index in [1.54, 1.807) is 6.07 Å². The van der Waals surface area contributed by atoms with E-state index in [0.717, 1.165) is 17.1 Å². The Hall–Kier alpha value is -5.78. The molecule has 2 aromatic carbocycles. The molecule has 1 aliphatic carbocycles. The molecule has 0 bridgehead atoms. The molecule has 4 N–H and O–H groups in total. The lowest BCUT2D eigenvalue weighted by Crippen LogP contribution is -2.39. The van der Waals surface area contributed by atoms with Gasteiger partial charge in [-0.15, -0.1) is 0 Å². The van der Waals surface area contributed by atoms with E-state index in [4.69, 9.17) is 4.42 Å². The van der Waals surface area contributed by atoms with Gasteiger partial charge in [0.15, 0.2) is 5.43 Å². The van der Waals surface area contributed by atoms with Crippen LogP contribution in [0.25, 0.3) is 33.4 Å². The number of carboxylic acids is 1. The quantitative estimate of drug-likeness (QED) is 0.144. The Balaban J connectivity index is 1.37. The summed E-state index contributed by atoms with van der Waals surface area (Å²) in [5.41, 5.74) is 0.845. The molecule has 12 nitrogen and oxygen atoms in total. The first-order valence-electron chi connectivity index (χ1n) is 12.3. The number of rotatable bonds is 8. The van der Waals surface area contributed by atoms with Crippen molar-refractivity contribution in [3.63, 3.8) is 0 Å². The Bertz CT molecular complexity index is 1800. The van der Waals surface area contributed by atoms with Crippen LogP contribution in [0.3, 0.4) is 0 Å². The number of benzene rings is 3. The van der Waals surface area contributed by atoms with Crippen LogP contribution < -0.4 is 16.1 Å². The molecule has 2 heterocycles. The van der Waals surface area contributed by atoms with Gasteiger partial charge in [0.1, 0.15) is 17.1 Å². The lowest BCUT2D eigenvalue weighted by Gasteiger charge is -2.17. The maximum Gasteiger partial charge on any atom is 0.336 e. The van der Waals surface area contributed by atoms with Gasteiger partial charge in [-0.05, 0) is 42.0 Å². The molecule has 206 valence electrons. The zero-order chi connectivity index (χ0) is 29.3. The molecule has 0 aromatic heterocycles. The van der Waals surface area contributed by atoms with Crippen LogP contribution >= 0.6 is 0 Å². The highest BCUT2D eigenvalue weighted by Gasteiger charge is 2.25. The van der Waals surface area contributed by atoms with Crippen LogP contribution in [0.15, 0.2) is 76.0 Å². The zero-order valence-electron chi connectivity index (χ0n) is 21.2. The van der Waals surface area contributed by atoms with Gasteiger partial charge in [0, 0.05) is 59.3 Å². The summed E-state index contributed by atoms with van der Waals surface area (Å²) < 4.78 is 5.81. The number of hydrogen-bond acceptors (Lipinski definition) is 8. The fourth-order valence-corrected chi connectivity index (χ4v) is 4.51. The molecule has 0 saturated carbocycles. The number of fused-ring (bicyclic) bond motifs is 2. The van der Waals surface area contributed by atoms with Crippen LogP contribution in [0.2, 0.25) is 0 Å². The first-order valence-corrected chi connectivity index (χ1v) is 12.3. The van der Waals surface area contributed by atoms with Crippen molar-refractivity contribution in [3.8, 4) is 28.2 Å². The van der Waals surface area contributed by atoms with Crippen LogP contribution in [0, 0.1) is 0 Å². The normalized spacial score (nSPS) is 12.7. The average Bonchev–Trinajstić information content (AvgIpc) is 3.26. The number of carbonyl (C=O) groups is 5. The Morgan fingerprint density at radius 2 is 1.59 bits per heavy atom. The Kier molecular flexibility index (Phi) is 7.04. The van der Waals surface area contributed by atoms with Gasteiger partial charge in [-0.1, -0.05) is 6.07 Å². The molecule has 4 amide bonds. The van der Waals surface area contributed by atoms with Crippen molar-refractivity contribution < 1.29 is 38.6 Å². The molecule has 3 aliphatic rings. The number of carboxylic acid groups (broad SMARTS) is 1. The molecule has 12 heteroatoms. The SMILES string of the molecule is O=C(CCN1C(=O)C=CC1=O)NCNC(=O)c1ccc(-c2c3ccc(=O)cc-3oc3cc(O)ccc23)c(C(=O)O)c1. The number of carbonyl (C=O) groups excluding carboxylic acids is 4. The number of nitrogens with zero attached hydrogens (tertiary/aromatic N) is 1. The van der Waals surface area contributed by atoms with Gasteiger partial charge in [-0.3, -0.25) is 28.9 Å². The largest absolute Gasteiger partial charge is 0.508 e. The van der Waals surface area contributed by atoms with Crippen molar-refractivity contribution in [2.24, 2.45) is 0 Å². The topological polar surface area (TPSA) is 183 Å². The van der Waals surface area contributed by atoms with E-state index in [1.165, 1.54) is 48.5 Å². The van der Waals surface area contributed by atoms with Gasteiger partial charge in [-0.25, -0.2) is 4.79 Å². The van der Waals surface area contributed by atoms with Gasteiger partial charge >= 0.3 is 5.97 Å². The highest BCUT2D eigenvalue weighted by atomic mass is 16.4. The second-order valence-corrected chi connectivity index (χ2v) is 9.08. The molecule has 0 spiro atoms. The standard InChI is InChI=1S/C29H21N3O9/c33-16-2-5-19-22(12-16)41-23-13-17(34)3-6-20(23)27(19)18-4-1-15(11-21(18)29(39)40)28(38)31-14-30-24(35)9-10-32-25(36)7-8-26(32)37/h1-8,11-13,33H,9-10,14H2,(H,30,35)(H,31,38)(H,39,40). The second kappa shape index (κ2) is 10.8. The number of phenolic OH excluding ortho intramolecular Hbond substituents is 1. The van der Waals surface area contributed by atoms with E-state index in [0.29, 0.717) is 16.5 Å². The van der Waals surface area contributed by atoms with E-state index in [1.807, 2.05) is 0 Å². The smallest absolute Gasteiger partial charge is 0.336 e. The van der Waals surface area contributed by atoms with Crippen molar-refractivity contribution in [2.75, 3.05) is 13.2 Å². The molecular formula is C29H21N3O9. The van der Waals surface area contributed by atoms with E-state index in [2.05, 4.69) is 10.6 Å². The van der Waals surface area contributed by atoms with Crippen molar-refractivity contribution in [3.05, 3.63) is 88.1 Å². The summed E-state index contributed by atoms with van der Waals surface area (Å²) in [6, 6.07) is 12.5. The first-order chi connectivity index (χ1) is 19.6. The highest BCUT2D eigenvalue weighted by molar-refractivity contribution is 6.13. The van der Waals surface area contributed by atoms with Gasteiger partial charge in [-0.2, -0.15) is 0 Å². The number of imide groups is 1. The maximum absolute atomic E-state index is 12.8. The molecule has 2 aliphatic heterocycles. The molecule has 5 rings (SSSR count). The fraction of sp³-hybridized carbons (Fsp3) is 0.103. The van der Waals surface area contributed by atoms with Gasteiger partial charge in [0.2, 0.25) is 5.91 Å². The predicted octanol–water partition coefficient (Wildman–Crippen LogP) is 2.09. The summed E-state index contributed by atoms with van der Waals surface area (Å²) in [5, 5.41) is 25.4. The molecule has 0 unspecified atom stereocenters. The van der Waals surface area contributed by atoms with Crippen molar-refractivity contribution in [1.29, 1.82) is 0 Å². The van der Waals surface area contributed by atoms with Crippen LogP contribution in [0.1, 0.15) is 27.1 Å². The number of aromatic hydroxyl groups is 1. The molecule has 0 saturated heterocycles. The third-order valence-corrected chi connectivity index (χ3v) is 6.46. The van der Waals surface area contributed by atoms with Crippen LogP contribution in [-0.4, -0.2) is 57.9 Å². The second-order valence-electron chi connectivity index (χ2n) is 9.08. The minimum absolute atomic E-state index is 0.00783. The monoisotopic (exact) mass is 555 g/mol. The van der Waals surface area contributed by atoms with E-state index in [-0.39, 0.29) is 58.8 Å². The number of nitrogens with one attached hydrogen (secondary N) is 2. The maximum atomic E-state index is 12.8. The zero-order valence-corrected chi connectivity index (χ0v) is 21.2. The summed E-state index contributed by atoms with van der Waals surface area (Å²) in [6.45, 7) is -0.391. The van der Waals surface area contributed by atoms with E-state index < -0.39 is 29.6 Å². The summed E-state index contributed by atoms with van der Waals surface area (Å²) in [7, 11) is 0. The minimum atomic E-state index is -1.32. The molecular weight excluding hydrogens is 534 g/mol. The summed E-state index contributed by atoms with van der Waals surface area (Å²) in [4.78, 5) is 73.2. The van der Waals surface area contributed by atoms with Crippen LogP contribution in [-0.2, 0) is 14.4 Å². The highest BCUT2D eigenvalue weighted by Crippen LogP contribution is 2.42. The molecule has 0 fully saturated rings. The predicted molar refractivity (Wildman–Crippen MR) is 144 cm³/mol. The molecule has 41 heavy (non-hydrogen) atoms. The van der Waals surface area contributed by atoms with Crippen molar-refractivity contribution in [2.45, 2.75) is 6.42 Å². The molecule has 0 radical (unpaired) electrons. The van der Waals surface area contributed by atoms with E-state index >= 15 is 0 Å². The average molecular weight is 555 g/mol. The Morgan fingerprint density at radius 3 is 2.32 bits per heavy atom. The van der Waals surface area contributed by atoms with Crippen molar-refractivity contribution >= 4 is 40.6 Å². The Morgan fingerprint density at radius 1 is 0.854 bits per heavy atom. The minimum Gasteiger partial charge on any atom is -0.508 e. The summed E-state index contributed by atoms with van der Waals surface area (Å²) in [6.07, 6.45) is 2.06. The number of aromatic carboxylic acids is 1. The molecule has 0 atom stereocenters. The number of phenols is 1.